The zero-order valence-corrected chi connectivity index (χ0v) is 5.93. The third-order valence-electron chi connectivity index (χ3n) is 2.89. The van der Waals surface area contributed by atoms with E-state index in [1.165, 1.54) is 0 Å². The highest BCUT2D eigenvalue weighted by molar-refractivity contribution is 6.06. The van der Waals surface area contributed by atoms with Crippen molar-refractivity contribution < 1.29 is 14.3 Å². The molecule has 1 aliphatic heterocycles. The summed E-state index contributed by atoms with van der Waals surface area (Å²) in [5.41, 5.74) is -0.964. The molecule has 2 fully saturated rings. The lowest BCUT2D eigenvalue weighted by molar-refractivity contribution is -0.157. The lowest BCUT2D eigenvalue weighted by Gasteiger charge is -1.95. The summed E-state index contributed by atoms with van der Waals surface area (Å²) in [6.07, 6.45) is 0.664. The first-order valence-corrected chi connectivity index (χ1v) is 3.27. The molecule has 0 radical (unpaired) electrons. The molecule has 1 heterocycles. The fourth-order valence-electron chi connectivity index (χ4n) is 1.57. The van der Waals surface area contributed by atoms with E-state index < -0.39 is 10.8 Å². The third kappa shape index (κ3) is 0.340. The van der Waals surface area contributed by atoms with Gasteiger partial charge in [0.05, 0.1) is 10.8 Å². The van der Waals surface area contributed by atoms with Crippen LogP contribution in [0.15, 0.2) is 0 Å². The second-order valence-corrected chi connectivity index (χ2v) is 3.52. The van der Waals surface area contributed by atoms with E-state index in [0.717, 1.165) is 0 Å². The number of carbonyl (C=O) groups is 2. The number of hydrogen-bond acceptors (Lipinski definition) is 3. The molecule has 2 atom stereocenters. The molecular formula is C7H8O3. The van der Waals surface area contributed by atoms with Crippen LogP contribution in [0.4, 0.5) is 0 Å². The second kappa shape index (κ2) is 1.13. The van der Waals surface area contributed by atoms with Gasteiger partial charge >= 0.3 is 11.9 Å². The zero-order valence-electron chi connectivity index (χ0n) is 5.93. The molecule has 54 valence electrons. The molecule has 3 nitrogen and oxygen atoms in total. The number of cyclic esters (lactones) is 2. The highest BCUT2D eigenvalue weighted by Crippen LogP contribution is 2.68. The van der Waals surface area contributed by atoms with Crippen molar-refractivity contribution in [3.05, 3.63) is 0 Å². The van der Waals surface area contributed by atoms with E-state index in [4.69, 9.17) is 0 Å². The summed E-state index contributed by atoms with van der Waals surface area (Å²) in [4.78, 5) is 21.8. The van der Waals surface area contributed by atoms with E-state index >= 15 is 0 Å². The first-order chi connectivity index (χ1) is 4.51. The van der Waals surface area contributed by atoms with Gasteiger partial charge in [-0.2, -0.15) is 0 Å². The Balaban J connectivity index is 2.47. The van der Waals surface area contributed by atoms with E-state index in [2.05, 4.69) is 4.74 Å². The average Bonchev–Trinajstić information content (AvgIpc) is 2.33. The minimum absolute atomic E-state index is 0.347. The molecule has 1 aliphatic carbocycles. The normalized spacial score (nSPS) is 50.6. The molecule has 0 unspecified atom stereocenters. The van der Waals surface area contributed by atoms with E-state index in [-0.39, 0.29) is 11.9 Å². The molecule has 0 bridgehead atoms. The van der Waals surface area contributed by atoms with Crippen molar-refractivity contribution in [1.29, 1.82) is 0 Å². The van der Waals surface area contributed by atoms with Crippen molar-refractivity contribution in [2.45, 2.75) is 20.3 Å². The summed E-state index contributed by atoms with van der Waals surface area (Å²) in [7, 11) is 0. The monoisotopic (exact) mass is 140 g/mol. The van der Waals surface area contributed by atoms with E-state index in [1.54, 1.807) is 13.8 Å². The van der Waals surface area contributed by atoms with Crippen molar-refractivity contribution in [3.63, 3.8) is 0 Å². The van der Waals surface area contributed by atoms with Crippen LogP contribution in [0.1, 0.15) is 20.3 Å². The predicted molar refractivity (Wildman–Crippen MR) is 31.9 cm³/mol. The molecule has 0 aromatic heterocycles. The fourth-order valence-corrected chi connectivity index (χ4v) is 1.57. The molecule has 3 heteroatoms. The number of rotatable bonds is 0. The third-order valence-corrected chi connectivity index (χ3v) is 2.89. The van der Waals surface area contributed by atoms with Gasteiger partial charge in [-0.3, -0.25) is 9.59 Å². The van der Waals surface area contributed by atoms with Crippen LogP contribution >= 0.6 is 0 Å². The maximum atomic E-state index is 10.9. The van der Waals surface area contributed by atoms with Crippen LogP contribution in [0.3, 0.4) is 0 Å². The quantitative estimate of drug-likeness (QED) is 0.363. The lowest BCUT2D eigenvalue weighted by atomic mass is 10.00. The van der Waals surface area contributed by atoms with Gasteiger partial charge in [0.15, 0.2) is 0 Å². The van der Waals surface area contributed by atoms with Crippen molar-refractivity contribution in [3.8, 4) is 0 Å². The molecule has 0 aromatic carbocycles. The topological polar surface area (TPSA) is 43.4 Å². The van der Waals surface area contributed by atoms with E-state index in [1.807, 2.05) is 0 Å². The fraction of sp³-hybridized carbons (Fsp3) is 0.714. The molecule has 2 aliphatic rings. The Bertz CT molecular complexity index is 221. The van der Waals surface area contributed by atoms with Crippen LogP contribution < -0.4 is 0 Å². The molecule has 10 heavy (non-hydrogen) atoms. The number of carbonyl (C=O) groups excluding carboxylic acids is 2. The minimum atomic E-state index is -0.482. The van der Waals surface area contributed by atoms with E-state index in [0.29, 0.717) is 6.42 Å². The van der Waals surface area contributed by atoms with Crippen molar-refractivity contribution in [1.82, 2.24) is 0 Å². The van der Waals surface area contributed by atoms with E-state index in [9.17, 15) is 9.59 Å². The van der Waals surface area contributed by atoms with Crippen molar-refractivity contribution in [2.24, 2.45) is 10.8 Å². The van der Waals surface area contributed by atoms with Gasteiger partial charge in [0.25, 0.3) is 0 Å². The standard InChI is InChI=1S/C7H8O3/c1-6-3-7(6,2)5(9)10-4(6)8/h3H2,1-2H3/t6-,7-/m1/s1. The number of fused-ring (bicyclic) bond motifs is 1. The highest BCUT2D eigenvalue weighted by atomic mass is 16.6. The Hall–Kier alpha value is -0.860. The number of ether oxygens (including phenoxy) is 1. The number of hydrogen-bond donors (Lipinski definition) is 0. The Labute approximate surface area is 58.4 Å². The van der Waals surface area contributed by atoms with Gasteiger partial charge in [0.2, 0.25) is 0 Å². The van der Waals surface area contributed by atoms with Gasteiger partial charge in [-0.05, 0) is 20.3 Å². The maximum Gasteiger partial charge on any atom is 0.320 e. The van der Waals surface area contributed by atoms with Crippen LogP contribution in [-0.4, -0.2) is 11.9 Å². The summed E-state index contributed by atoms with van der Waals surface area (Å²) in [5.74, 6) is -0.694. The van der Waals surface area contributed by atoms with Gasteiger partial charge in [0.1, 0.15) is 0 Å². The molecule has 0 N–H and O–H groups in total. The smallest absolute Gasteiger partial charge is 0.320 e. The van der Waals surface area contributed by atoms with Crippen LogP contribution in [-0.2, 0) is 14.3 Å². The Morgan fingerprint density at radius 2 is 1.60 bits per heavy atom. The van der Waals surface area contributed by atoms with Crippen LogP contribution in [0, 0.1) is 10.8 Å². The van der Waals surface area contributed by atoms with Gasteiger partial charge in [-0.25, -0.2) is 0 Å². The van der Waals surface area contributed by atoms with Crippen molar-refractivity contribution >= 4 is 11.9 Å². The second-order valence-electron chi connectivity index (χ2n) is 3.52. The van der Waals surface area contributed by atoms with Crippen LogP contribution in [0.5, 0.6) is 0 Å². The van der Waals surface area contributed by atoms with Crippen molar-refractivity contribution in [2.75, 3.05) is 0 Å². The predicted octanol–water partition coefficient (Wildman–Crippen LogP) is 0.486. The van der Waals surface area contributed by atoms with Crippen LogP contribution in [0.25, 0.3) is 0 Å². The largest absolute Gasteiger partial charge is 0.392 e. The summed E-state index contributed by atoms with van der Waals surface area (Å²) >= 11 is 0. The molecule has 1 saturated carbocycles. The van der Waals surface area contributed by atoms with Gasteiger partial charge in [0, 0.05) is 0 Å². The summed E-state index contributed by atoms with van der Waals surface area (Å²) < 4.78 is 4.45. The number of esters is 2. The summed E-state index contributed by atoms with van der Waals surface area (Å²) in [6.45, 7) is 3.56. The molecule has 0 amide bonds. The molecule has 0 spiro atoms. The van der Waals surface area contributed by atoms with Gasteiger partial charge < -0.3 is 4.74 Å². The first-order valence-electron chi connectivity index (χ1n) is 3.27. The average molecular weight is 140 g/mol. The lowest BCUT2D eigenvalue weighted by Crippen LogP contribution is -2.09. The van der Waals surface area contributed by atoms with Gasteiger partial charge in [-0.15, -0.1) is 0 Å². The Morgan fingerprint density at radius 1 is 1.20 bits per heavy atom. The molecular weight excluding hydrogens is 132 g/mol. The molecule has 2 rings (SSSR count). The van der Waals surface area contributed by atoms with Gasteiger partial charge in [-0.1, -0.05) is 0 Å². The zero-order chi connectivity index (χ0) is 7.57. The molecule has 1 saturated heterocycles. The summed E-state index contributed by atoms with van der Waals surface area (Å²) in [5, 5.41) is 0. The minimum Gasteiger partial charge on any atom is -0.392 e. The SMILES string of the molecule is C[C@]12C[C@]1(C)C(=O)OC2=O. The maximum absolute atomic E-state index is 10.9. The van der Waals surface area contributed by atoms with Crippen LogP contribution in [0.2, 0.25) is 0 Å². The Kier molecular flexibility index (Phi) is 0.667. The highest BCUT2D eigenvalue weighted by Gasteiger charge is 2.77. The Morgan fingerprint density at radius 3 is 1.70 bits per heavy atom. The molecule has 0 aromatic rings. The first kappa shape index (κ1) is 5.89. The summed E-state index contributed by atoms with van der Waals surface area (Å²) in [6, 6.07) is 0.